The molecule has 0 N–H and O–H groups in total. The molecule has 2 aliphatic heterocycles. The number of nitrogens with zero attached hydrogens (tertiary/aromatic N) is 2. The zero-order valence-electron chi connectivity index (χ0n) is 12.6. The van der Waals surface area contributed by atoms with Crippen molar-refractivity contribution in [1.82, 2.24) is 9.80 Å². The molecule has 2 amide bonds. The number of rotatable bonds is 5. The van der Waals surface area contributed by atoms with Crippen molar-refractivity contribution in [2.75, 3.05) is 32.8 Å². The second-order valence-corrected chi connectivity index (χ2v) is 8.00. The van der Waals surface area contributed by atoms with Crippen molar-refractivity contribution in [3.63, 3.8) is 0 Å². The molecule has 1 saturated carbocycles. The number of ether oxygens (including phenoxy) is 1. The summed E-state index contributed by atoms with van der Waals surface area (Å²) in [6, 6.07) is 0. The Labute approximate surface area is 140 Å². The summed E-state index contributed by atoms with van der Waals surface area (Å²) in [5.41, 5.74) is 0. The van der Waals surface area contributed by atoms with E-state index in [0.29, 0.717) is 13.0 Å². The maximum absolute atomic E-state index is 12.6. The lowest BCUT2D eigenvalue weighted by atomic mass is 10.2. The van der Waals surface area contributed by atoms with Gasteiger partial charge in [-0.2, -0.15) is 0 Å². The standard InChI is InChI=1S/C15H22Cl2N2O3/c16-15(17)8-12(15)14(21)19(9-11-4-3-7-22-11)10-13(20)18-5-1-2-6-18/h11-12H,1-10H2/t11-,12+/m1/s1. The number of carbonyl (C=O) groups is 2. The van der Waals surface area contributed by atoms with E-state index in [4.69, 9.17) is 27.9 Å². The molecular weight excluding hydrogens is 327 g/mol. The van der Waals surface area contributed by atoms with Crippen LogP contribution in [0.2, 0.25) is 0 Å². The van der Waals surface area contributed by atoms with Crippen molar-refractivity contribution in [2.45, 2.75) is 42.5 Å². The minimum Gasteiger partial charge on any atom is -0.376 e. The molecule has 0 radical (unpaired) electrons. The number of alkyl halides is 2. The maximum atomic E-state index is 12.6. The first-order valence-corrected chi connectivity index (χ1v) is 8.79. The van der Waals surface area contributed by atoms with Gasteiger partial charge < -0.3 is 14.5 Å². The SMILES string of the molecule is O=C(CN(C[C@H]1CCCO1)C(=O)[C@@H]1CC1(Cl)Cl)N1CCCC1. The van der Waals surface area contributed by atoms with E-state index in [1.165, 1.54) is 0 Å². The molecule has 2 atom stereocenters. The van der Waals surface area contributed by atoms with Gasteiger partial charge in [-0.15, -0.1) is 23.2 Å². The Morgan fingerprint density at radius 2 is 1.91 bits per heavy atom. The summed E-state index contributed by atoms with van der Waals surface area (Å²) >= 11 is 12.0. The van der Waals surface area contributed by atoms with Crippen LogP contribution in [-0.2, 0) is 14.3 Å². The molecule has 0 aromatic carbocycles. The smallest absolute Gasteiger partial charge is 0.242 e. The normalized spacial score (nSPS) is 29.6. The van der Waals surface area contributed by atoms with Crippen LogP contribution in [0.15, 0.2) is 0 Å². The highest BCUT2D eigenvalue weighted by atomic mass is 35.5. The van der Waals surface area contributed by atoms with E-state index in [2.05, 4.69) is 0 Å². The van der Waals surface area contributed by atoms with Crippen LogP contribution in [0.5, 0.6) is 0 Å². The third-order valence-corrected chi connectivity index (χ3v) is 5.50. The first kappa shape index (κ1) is 16.3. The average molecular weight is 349 g/mol. The van der Waals surface area contributed by atoms with E-state index >= 15 is 0 Å². The molecule has 0 aromatic heterocycles. The zero-order valence-corrected chi connectivity index (χ0v) is 14.1. The number of amides is 2. The summed E-state index contributed by atoms with van der Waals surface area (Å²) in [7, 11) is 0. The minimum absolute atomic E-state index is 0.0132. The van der Waals surface area contributed by atoms with E-state index in [0.717, 1.165) is 45.4 Å². The predicted molar refractivity (Wildman–Crippen MR) is 83.9 cm³/mol. The Bertz CT molecular complexity index is 446. The van der Waals surface area contributed by atoms with Crippen LogP contribution in [-0.4, -0.2) is 64.8 Å². The van der Waals surface area contributed by atoms with Crippen LogP contribution in [0.1, 0.15) is 32.1 Å². The molecule has 5 nitrogen and oxygen atoms in total. The van der Waals surface area contributed by atoms with Crippen molar-refractivity contribution in [1.29, 1.82) is 0 Å². The lowest BCUT2D eigenvalue weighted by Gasteiger charge is -2.27. The van der Waals surface area contributed by atoms with E-state index in [1.54, 1.807) is 4.90 Å². The fraction of sp³-hybridized carbons (Fsp3) is 0.867. The van der Waals surface area contributed by atoms with Gasteiger partial charge in [0.15, 0.2) is 0 Å². The summed E-state index contributed by atoms with van der Waals surface area (Å²) in [4.78, 5) is 28.4. The van der Waals surface area contributed by atoms with Crippen LogP contribution in [0, 0.1) is 5.92 Å². The van der Waals surface area contributed by atoms with Gasteiger partial charge in [0.1, 0.15) is 4.33 Å². The van der Waals surface area contributed by atoms with Crippen molar-refractivity contribution in [2.24, 2.45) is 5.92 Å². The van der Waals surface area contributed by atoms with Crippen molar-refractivity contribution in [3.05, 3.63) is 0 Å². The van der Waals surface area contributed by atoms with Crippen LogP contribution >= 0.6 is 23.2 Å². The third kappa shape index (κ3) is 3.69. The highest BCUT2D eigenvalue weighted by molar-refractivity contribution is 6.52. The molecule has 1 aliphatic carbocycles. The van der Waals surface area contributed by atoms with Crippen LogP contribution in [0.25, 0.3) is 0 Å². The summed E-state index contributed by atoms with van der Waals surface area (Å²) in [5, 5.41) is 0. The number of halogens is 2. The van der Waals surface area contributed by atoms with E-state index in [9.17, 15) is 9.59 Å². The number of carbonyl (C=O) groups excluding carboxylic acids is 2. The van der Waals surface area contributed by atoms with Crippen LogP contribution < -0.4 is 0 Å². The lowest BCUT2D eigenvalue weighted by molar-refractivity contribution is -0.142. The Kier molecular flexibility index (Phi) is 4.86. The van der Waals surface area contributed by atoms with Gasteiger partial charge in [0.2, 0.25) is 11.8 Å². The Morgan fingerprint density at radius 3 is 2.45 bits per heavy atom. The third-order valence-electron chi connectivity index (χ3n) is 4.67. The summed E-state index contributed by atoms with van der Waals surface area (Å²) in [6.45, 7) is 2.88. The zero-order chi connectivity index (χ0) is 15.7. The molecule has 2 heterocycles. The fourth-order valence-electron chi connectivity index (χ4n) is 3.20. The lowest BCUT2D eigenvalue weighted by Crippen LogP contribution is -2.46. The Balaban J connectivity index is 1.62. The topological polar surface area (TPSA) is 49.9 Å². The predicted octanol–water partition coefficient (Wildman–Crippen LogP) is 1.81. The molecule has 7 heteroatoms. The number of hydrogen-bond donors (Lipinski definition) is 0. The molecule has 2 saturated heterocycles. The fourth-order valence-corrected chi connectivity index (χ4v) is 3.69. The largest absolute Gasteiger partial charge is 0.376 e. The second-order valence-electron chi connectivity index (χ2n) is 6.46. The van der Waals surface area contributed by atoms with Gasteiger partial charge in [0.25, 0.3) is 0 Å². The molecule has 3 aliphatic rings. The van der Waals surface area contributed by atoms with Gasteiger partial charge >= 0.3 is 0 Å². The van der Waals surface area contributed by atoms with Crippen molar-refractivity contribution in [3.8, 4) is 0 Å². The average Bonchev–Trinajstić information content (AvgIpc) is 2.97. The first-order chi connectivity index (χ1) is 10.5. The van der Waals surface area contributed by atoms with Gasteiger partial charge in [-0.05, 0) is 32.1 Å². The number of hydrogen-bond acceptors (Lipinski definition) is 3. The van der Waals surface area contributed by atoms with Gasteiger partial charge in [-0.1, -0.05) is 0 Å². The summed E-state index contributed by atoms with van der Waals surface area (Å²) in [6.07, 6.45) is 4.51. The number of likely N-dealkylation sites (tertiary alicyclic amines) is 1. The van der Waals surface area contributed by atoms with Crippen molar-refractivity contribution >= 4 is 35.0 Å². The molecule has 22 heavy (non-hydrogen) atoms. The molecular formula is C15H22Cl2N2O3. The molecule has 0 unspecified atom stereocenters. The molecule has 124 valence electrons. The monoisotopic (exact) mass is 348 g/mol. The van der Waals surface area contributed by atoms with Gasteiger partial charge in [0, 0.05) is 26.2 Å². The van der Waals surface area contributed by atoms with Crippen LogP contribution in [0.3, 0.4) is 0 Å². The second kappa shape index (κ2) is 6.54. The minimum atomic E-state index is -0.956. The molecule has 0 bridgehead atoms. The van der Waals surface area contributed by atoms with Crippen LogP contribution in [0.4, 0.5) is 0 Å². The maximum Gasteiger partial charge on any atom is 0.242 e. The summed E-state index contributed by atoms with van der Waals surface area (Å²) < 4.78 is 4.65. The van der Waals surface area contributed by atoms with Gasteiger partial charge in [-0.25, -0.2) is 0 Å². The molecule has 3 rings (SSSR count). The van der Waals surface area contributed by atoms with E-state index in [-0.39, 0.29) is 30.4 Å². The molecule has 0 aromatic rings. The van der Waals surface area contributed by atoms with Crippen molar-refractivity contribution < 1.29 is 14.3 Å². The van der Waals surface area contributed by atoms with E-state index in [1.807, 2.05) is 4.90 Å². The van der Waals surface area contributed by atoms with Gasteiger partial charge in [0.05, 0.1) is 18.6 Å². The summed E-state index contributed by atoms with van der Waals surface area (Å²) in [5.74, 6) is -0.490. The molecule has 3 fully saturated rings. The van der Waals surface area contributed by atoms with E-state index < -0.39 is 4.33 Å². The highest BCUT2D eigenvalue weighted by Gasteiger charge is 2.57. The molecule has 0 spiro atoms. The quantitative estimate of drug-likeness (QED) is 0.712. The Hall–Kier alpha value is -0.520. The highest BCUT2D eigenvalue weighted by Crippen LogP contribution is 2.53. The first-order valence-electron chi connectivity index (χ1n) is 8.03. The van der Waals surface area contributed by atoms with Gasteiger partial charge in [-0.3, -0.25) is 9.59 Å². The Morgan fingerprint density at radius 1 is 1.23 bits per heavy atom.